The van der Waals surface area contributed by atoms with Gasteiger partial charge in [0.15, 0.2) is 0 Å². The third-order valence-electron chi connectivity index (χ3n) is 1.10. The molecule has 0 N–H and O–H groups in total. The fourth-order valence-electron chi connectivity index (χ4n) is 0.410. The molecule has 0 fully saturated rings. The Morgan fingerprint density at radius 3 is 1.81 bits per heavy atom. The highest BCUT2D eigenvalue weighted by Crippen LogP contribution is 2.36. The monoisotopic (exact) mass is 266 g/mol. The molecule has 0 atom stereocenters. The zero-order valence-corrected chi connectivity index (χ0v) is 8.78. The van der Waals surface area contributed by atoms with Crippen molar-refractivity contribution in [2.75, 3.05) is 14.2 Å². The molecule has 0 aliphatic carbocycles. The first kappa shape index (κ1) is 15.0. The van der Waals surface area contributed by atoms with E-state index in [9.17, 15) is 27.2 Å². The Bertz CT molecular complexity index is 254. The minimum atomic E-state index is -4.59. The normalized spacial score (nSPS) is 12.1. The Balaban J connectivity index is 4.44. The van der Waals surface area contributed by atoms with Gasteiger partial charge in [-0.25, -0.2) is 13.8 Å². The second-order valence-corrected chi connectivity index (χ2v) is 3.03. The number of halogens is 4. The second kappa shape index (κ2) is 5.34. The smallest absolute Gasteiger partial charge is 0.464 e. The Hall–Kier alpha value is -1.03. The van der Waals surface area contributed by atoms with Crippen LogP contribution in [0.1, 0.15) is 0 Å². The van der Waals surface area contributed by atoms with Crippen LogP contribution in [-0.4, -0.2) is 37.5 Å². The lowest BCUT2D eigenvalue weighted by Crippen LogP contribution is -2.34. The van der Waals surface area contributed by atoms with E-state index in [0.29, 0.717) is 14.2 Å². The van der Waals surface area contributed by atoms with E-state index in [1.165, 1.54) is 0 Å². The number of esters is 2. The van der Waals surface area contributed by atoms with Crippen LogP contribution in [0.25, 0.3) is 0 Å². The summed E-state index contributed by atoms with van der Waals surface area (Å²) in [6, 6.07) is 0. The molecule has 0 aromatic carbocycles. The zero-order chi connectivity index (χ0) is 13.0. The van der Waals surface area contributed by atoms with Gasteiger partial charge in [-0.1, -0.05) is 0 Å². The van der Waals surface area contributed by atoms with Crippen molar-refractivity contribution in [3.05, 3.63) is 0 Å². The molecule has 16 heavy (non-hydrogen) atoms. The van der Waals surface area contributed by atoms with Gasteiger partial charge in [0.25, 0.3) is 0 Å². The highest BCUT2D eigenvalue weighted by Gasteiger charge is 2.50. The third kappa shape index (κ3) is 3.85. The van der Waals surface area contributed by atoms with Crippen molar-refractivity contribution >= 4 is 24.0 Å². The molecule has 0 heterocycles. The molecule has 0 saturated heterocycles. The largest absolute Gasteiger partial charge is 0.467 e. The van der Waals surface area contributed by atoms with E-state index < -0.39 is 35.3 Å². The summed E-state index contributed by atoms with van der Waals surface area (Å²) < 4.78 is 60.6. The highest BCUT2D eigenvalue weighted by molar-refractivity contribution is 7.96. The van der Waals surface area contributed by atoms with E-state index in [2.05, 4.69) is 13.7 Å². The van der Waals surface area contributed by atoms with Gasteiger partial charge < -0.3 is 9.47 Å². The average molecular weight is 266 g/mol. The van der Waals surface area contributed by atoms with Crippen LogP contribution >= 0.6 is 12.0 Å². The lowest BCUT2D eigenvalue weighted by atomic mass is 10.6. The van der Waals surface area contributed by atoms with Gasteiger partial charge >= 0.3 is 23.3 Å². The van der Waals surface area contributed by atoms with Gasteiger partial charge in [-0.3, -0.25) is 0 Å². The van der Waals surface area contributed by atoms with Crippen molar-refractivity contribution in [2.24, 2.45) is 0 Å². The molecule has 0 aliphatic heterocycles. The maximum absolute atomic E-state index is 12.6. The lowest BCUT2D eigenvalue weighted by molar-refractivity contribution is -0.211. The van der Waals surface area contributed by atoms with Gasteiger partial charge in [0.1, 0.15) is 0 Å². The maximum Gasteiger partial charge on any atom is 0.467 e. The van der Waals surface area contributed by atoms with Crippen molar-refractivity contribution in [2.45, 2.75) is 11.4 Å². The van der Waals surface area contributed by atoms with Crippen molar-refractivity contribution in [1.29, 1.82) is 0 Å². The summed E-state index contributed by atoms with van der Waals surface area (Å²) in [5, 5.41) is -4.35. The lowest BCUT2D eigenvalue weighted by Gasteiger charge is -2.16. The van der Waals surface area contributed by atoms with Gasteiger partial charge in [0.05, 0.1) is 26.3 Å². The molecular weight excluding hydrogens is 260 g/mol. The minimum Gasteiger partial charge on any atom is -0.464 e. The van der Waals surface area contributed by atoms with Crippen molar-refractivity contribution in [3.8, 4) is 0 Å². The number of methoxy groups -OCH3 is 2. The quantitative estimate of drug-likeness (QED) is 0.423. The van der Waals surface area contributed by atoms with Crippen LogP contribution in [0.3, 0.4) is 0 Å². The molecule has 0 amide bonds. The van der Waals surface area contributed by atoms with E-state index >= 15 is 0 Å². The van der Waals surface area contributed by atoms with Crippen LogP contribution in [0.15, 0.2) is 0 Å². The fraction of sp³-hybridized carbons (Fsp3) is 0.667. The fourth-order valence-corrected chi connectivity index (χ4v) is 0.839. The highest BCUT2D eigenvalue weighted by atomic mass is 32.2. The van der Waals surface area contributed by atoms with Gasteiger partial charge in [0, 0.05) is 0 Å². The van der Waals surface area contributed by atoms with Crippen molar-refractivity contribution in [3.63, 3.8) is 0 Å². The molecule has 0 saturated carbocycles. The van der Waals surface area contributed by atoms with Gasteiger partial charge in [-0.2, -0.15) is 17.6 Å². The number of hydrogen-bond donors (Lipinski definition) is 0. The summed E-state index contributed by atoms with van der Waals surface area (Å²) in [5.74, 6) is -4.25. The molecule has 94 valence electrons. The predicted molar refractivity (Wildman–Crippen MR) is 42.6 cm³/mol. The van der Waals surface area contributed by atoms with E-state index in [4.69, 9.17) is 0 Å². The zero-order valence-electron chi connectivity index (χ0n) is 7.96. The first-order valence-corrected chi connectivity index (χ1v) is 4.21. The van der Waals surface area contributed by atoms with E-state index in [1.54, 1.807) is 0 Å². The van der Waals surface area contributed by atoms with Gasteiger partial charge in [-0.15, -0.1) is 0 Å². The molecule has 0 aliphatic rings. The molecule has 5 nitrogen and oxygen atoms in total. The van der Waals surface area contributed by atoms with Crippen LogP contribution in [-0.2, 0) is 23.2 Å². The molecule has 0 bridgehead atoms. The number of ether oxygens (including phenoxy) is 2. The summed E-state index contributed by atoms with van der Waals surface area (Å²) in [6.45, 7) is 0. The van der Waals surface area contributed by atoms with E-state index in [-0.39, 0.29) is 0 Å². The number of hydrogen-bond acceptors (Lipinski definition) is 6. The number of rotatable bonds is 5. The minimum absolute atomic E-state index is 0.614. The first-order valence-electron chi connectivity index (χ1n) is 3.46. The van der Waals surface area contributed by atoms with Crippen LogP contribution in [0.2, 0.25) is 0 Å². The van der Waals surface area contributed by atoms with Crippen molar-refractivity contribution in [1.82, 2.24) is 0 Å². The predicted octanol–water partition coefficient (Wildman–Crippen LogP) is 1.18. The third-order valence-corrected chi connectivity index (χ3v) is 1.77. The molecule has 0 rings (SSSR count). The summed E-state index contributed by atoms with van der Waals surface area (Å²) in [7, 11) is 1.25. The molecule has 0 aromatic rings. The van der Waals surface area contributed by atoms with Crippen LogP contribution < -0.4 is 0 Å². The molecule has 10 heteroatoms. The molecular formula is C6H6F4O5S. The summed E-state index contributed by atoms with van der Waals surface area (Å²) >= 11 is -1.20. The Kier molecular flexibility index (Phi) is 5.00. The van der Waals surface area contributed by atoms with Gasteiger partial charge in [-0.05, 0) is 0 Å². The second-order valence-electron chi connectivity index (χ2n) is 2.18. The van der Waals surface area contributed by atoms with Gasteiger partial charge in [0.2, 0.25) is 0 Å². The molecule has 0 unspecified atom stereocenters. The summed E-state index contributed by atoms with van der Waals surface area (Å²) in [5.41, 5.74) is 0. The van der Waals surface area contributed by atoms with Crippen LogP contribution in [0.5, 0.6) is 0 Å². The summed E-state index contributed by atoms with van der Waals surface area (Å²) in [6.07, 6.45) is -4.59. The SMILES string of the molecule is COC(=O)C(F)(F)OSC(F)(F)C(=O)OC. The number of alkyl halides is 4. The molecule has 0 aromatic heterocycles. The number of carbonyl (C=O) groups excluding carboxylic acids is 2. The van der Waals surface area contributed by atoms with E-state index in [1.807, 2.05) is 0 Å². The molecule has 0 radical (unpaired) electrons. The van der Waals surface area contributed by atoms with E-state index in [0.717, 1.165) is 0 Å². The summed E-state index contributed by atoms with van der Waals surface area (Å²) in [4.78, 5) is 20.7. The first-order chi connectivity index (χ1) is 7.17. The van der Waals surface area contributed by atoms with Crippen LogP contribution in [0.4, 0.5) is 17.6 Å². The average Bonchev–Trinajstić information content (AvgIpc) is 2.24. The Morgan fingerprint density at radius 2 is 1.44 bits per heavy atom. The molecule has 0 spiro atoms. The Morgan fingerprint density at radius 1 is 1.00 bits per heavy atom. The topological polar surface area (TPSA) is 61.8 Å². The maximum atomic E-state index is 12.6. The Labute approximate surface area is 91.2 Å². The standard InChI is InChI=1S/C6H6F4O5S/c1-13-3(11)5(7,8)15-16-6(9,10)4(12)14-2/h1-2H3. The van der Waals surface area contributed by atoms with Crippen molar-refractivity contribution < 1.29 is 40.8 Å². The van der Waals surface area contributed by atoms with Crippen LogP contribution in [0, 0.1) is 0 Å². The number of carbonyl (C=O) groups is 2.